The third-order valence-corrected chi connectivity index (χ3v) is 3.06. The van der Waals surface area contributed by atoms with Crippen molar-refractivity contribution >= 4 is 5.97 Å². The second-order valence-electron chi connectivity index (χ2n) is 4.59. The van der Waals surface area contributed by atoms with Gasteiger partial charge in [-0.25, -0.2) is 9.48 Å². The number of esters is 1. The number of nitrogens with zero attached hydrogens (tertiary/aromatic N) is 3. The summed E-state index contributed by atoms with van der Waals surface area (Å²) < 4.78 is 6.78. The van der Waals surface area contributed by atoms with E-state index in [0.717, 1.165) is 11.3 Å². The fourth-order valence-corrected chi connectivity index (χ4v) is 2.14. The molecule has 106 valence electrons. The molecule has 1 aromatic carbocycles. The first kappa shape index (κ1) is 14.2. The first-order valence-electron chi connectivity index (χ1n) is 6.80. The van der Waals surface area contributed by atoms with E-state index in [-0.39, 0.29) is 0 Å². The third-order valence-electron chi connectivity index (χ3n) is 3.06. The lowest BCUT2D eigenvalue weighted by Gasteiger charge is -2.07. The van der Waals surface area contributed by atoms with E-state index in [4.69, 9.17) is 4.74 Å². The van der Waals surface area contributed by atoms with Crippen LogP contribution in [0.2, 0.25) is 0 Å². The number of carbonyl (C=O) groups is 1. The number of ether oxygens (including phenoxy) is 1. The molecule has 1 heterocycles. The number of hydrogen-bond acceptors (Lipinski definition) is 4. The van der Waals surface area contributed by atoms with Crippen LogP contribution in [0.1, 0.15) is 41.2 Å². The van der Waals surface area contributed by atoms with Crippen LogP contribution in [-0.2, 0) is 17.7 Å². The fourth-order valence-electron chi connectivity index (χ4n) is 2.14. The highest BCUT2D eigenvalue weighted by Gasteiger charge is 2.20. The molecule has 2 rings (SSSR count). The number of carbonyl (C=O) groups excluding carboxylic acids is 1. The summed E-state index contributed by atoms with van der Waals surface area (Å²) in [5, 5.41) is 7.98. The van der Waals surface area contributed by atoms with Crippen molar-refractivity contribution in [3.05, 3.63) is 46.8 Å². The van der Waals surface area contributed by atoms with Gasteiger partial charge < -0.3 is 4.74 Å². The fraction of sp³-hybridized carbons (Fsp3) is 0.400. The van der Waals surface area contributed by atoms with Crippen molar-refractivity contribution in [1.29, 1.82) is 0 Å². The molecule has 0 spiro atoms. The van der Waals surface area contributed by atoms with Crippen LogP contribution in [0.15, 0.2) is 24.3 Å². The zero-order chi connectivity index (χ0) is 14.5. The number of hydrogen-bond donors (Lipinski definition) is 0. The minimum Gasteiger partial charge on any atom is -0.461 e. The van der Waals surface area contributed by atoms with Crippen molar-refractivity contribution in [2.75, 3.05) is 6.61 Å². The van der Waals surface area contributed by atoms with Crippen LogP contribution in [0.3, 0.4) is 0 Å². The molecule has 0 N–H and O–H groups in total. The summed E-state index contributed by atoms with van der Waals surface area (Å²) in [7, 11) is 0. The van der Waals surface area contributed by atoms with E-state index in [1.165, 1.54) is 5.56 Å². The van der Waals surface area contributed by atoms with Gasteiger partial charge in [0.05, 0.1) is 12.3 Å². The quantitative estimate of drug-likeness (QED) is 0.785. The van der Waals surface area contributed by atoms with Crippen molar-refractivity contribution in [3.8, 4) is 0 Å². The molecule has 0 aliphatic heterocycles. The highest BCUT2D eigenvalue weighted by molar-refractivity contribution is 5.88. The zero-order valence-corrected chi connectivity index (χ0v) is 12.1. The summed E-state index contributed by atoms with van der Waals surface area (Å²) in [6, 6.07) is 8.19. The van der Waals surface area contributed by atoms with Crippen molar-refractivity contribution in [2.24, 2.45) is 0 Å². The van der Waals surface area contributed by atoms with Gasteiger partial charge in [-0.15, -0.1) is 5.10 Å². The molecule has 2 aromatic rings. The lowest BCUT2D eigenvalue weighted by molar-refractivity contribution is 0.0518. The van der Waals surface area contributed by atoms with Crippen LogP contribution < -0.4 is 0 Å². The van der Waals surface area contributed by atoms with E-state index in [2.05, 4.69) is 16.4 Å². The minimum atomic E-state index is -0.408. The van der Waals surface area contributed by atoms with Gasteiger partial charge in [-0.05, 0) is 26.3 Å². The maximum atomic E-state index is 11.9. The molecule has 0 unspecified atom stereocenters. The normalized spacial score (nSPS) is 10.6. The Morgan fingerprint density at radius 1 is 1.35 bits per heavy atom. The molecule has 0 saturated heterocycles. The Bertz CT molecular complexity index is 605. The monoisotopic (exact) mass is 273 g/mol. The smallest absolute Gasteiger partial charge is 0.360 e. The summed E-state index contributed by atoms with van der Waals surface area (Å²) in [6.45, 7) is 6.81. The Morgan fingerprint density at radius 2 is 2.15 bits per heavy atom. The molecule has 0 aliphatic rings. The maximum Gasteiger partial charge on any atom is 0.360 e. The highest BCUT2D eigenvalue weighted by Crippen LogP contribution is 2.15. The number of rotatable bonds is 5. The molecule has 20 heavy (non-hydrogen) atoms. The van der Waals surface area contributed by atoms with E-state index in [1.54, 1.807) is 11.6 Å². The third kappa shape index (κ3) is 3.04. The molecule has 0 amide bonds. The van der Waals surface area contributed by atoms with Gasteiger partial charge in [-0.1, -0.05) is 35.0 Å². The van der Waals surface area contributed by atoms with Crippen molar-refractivity contribution in [2.45, 2.75) is 33.7 Å². The average Bonchev–Trinajstić information content (AvgIpc) is 2.82. The lowest BCUT2D eigenvalue weighted by Crippen LogP contribution is -2.11. The van der Waals surface area contributed by atoms with E-state index >= 15 is 0 Å². The molecule has 5 heteroatoms. The van der Waals surface area contributed by atoms with Gasteiger partial charge in [-0.3, -0.25) is 0 Å². The Labute approximate surface area is 118 Å². The van der Waals surface area contributed by atoms with E-state index in [9.17, 15) is 4.79 Å². The molecule has 0 saturated carbocycles. The second-order valence-corrected chi connectivity index (χ2v) is 4.59. The summed E-state index contributed by atoms with van der Waals surface area (Å²) in [6.07, 6.45) is 0.622. The van der Waals surface area contributed by atoms with Crippen LogP contribution in [0.25, 0.3) is 0 Å². The van der Waals surface area contributed by atoms with Gasteiger partial charge in [0.25, 0.3) is 0 Å². The van der Waals surface area contributed by atoms with E-state index < -0.39 is 5.97 Å². The minimum absolute atomic E-state index is 0.315. The standard InChI is InChI=1S/C15H19N3O2/c1-4-18-13(10-12-8-6-7-11(3)9-12)14(16-17-18)15(19)20-5-2/h6-9H,4-5,10H2,1-3H3. The van der Waals surface area contributed by atoms with Crippen LogP contribution in [0.4, 0.5) is 0 Å². The van der Waals surface area contributed by atoms with Gasteiger partial charge in [-0.2, -0.15) is 0 Å². The first-order valence-corrected chi connectivity index (χ1v) is 6.80. The highest BCUT2D eigenvalue weighted by atomic mass is 16.5. The van der Waals surface area contributed by atoms with Crippen LogP contribution in [0, 0.1) is 6.92 Å². The molecule has 0 atom stereocenters. The van der Waals surface area contributed by atoms with Crippen LogP contribution >= 0.6 is 0 Å². The predicted octanol–water partition coefficient (Wildman–Crippen LogP) is 2.37. The predicted molar refractivity (Wildman–Crippen MR) is 75.6 cm³/mol. The van der Waals surface area contributed by atoms with E-state index in [1.807, 2.05) is 32.0 Å². The van der Waals surface area contributed by atoms with Gasteiger partial charge in [0.2, 0.25) is 0 Å². The largest absolute Gasteiger partial charge is 0.461 e. The number of aromatic nitrogens is 3. The Kier molecular flexibility index (Phi) is 4.50. The topological polar surface area (TPSA) is 57.0 Å². The molecule has 0 fully saturated rings. The number of benzene rings is 1. The molecular formula is C15H19N3O2. The van der Waals surface area contributed by atoms with Gasteiger partial charge in [0.1, 0.15) is 0 Å². The summed E-state index contributed by atoms with van der Waals surface area (Å²) in [5.41, 5.74) is 3.44. The molecule has 1 aromatic heterocycles. The van der Waals surface area contributed by atoms with Gasteiger partial charge in [0, 0.05) is 13.0 Å². The van der Waals surface area contributed by atoms with Crippen molar-refractivity contribution < 1.29 is 9.53 Å². The van der Waals surface area contributed by atoms with E-state index in [0.29, 0.717) is 25.3 Å². The Hall–Kier alpha value is -2.17. The van der Waals surface area contributed by atoms with Crippen molar-refractivity contribution in [1.82, 2.24) is 15.0 Å². The molecule has 5 nitrogen and oxygen atoms in total. The molecular weight excluding hydrogens is 254 g/mol. The summed E-state index contributed by atoms with van der Waals surface area (Å²) in [5.74, 6) is -0.408. The second kappa shape index (κ2) is 6.32. The summed E-state index contributed by atoms with van der Waals surface area (Å²) in [4.78, 5) is 11.9. The lowest BCUT2D eigenvalue weighted by atomic mass is 10.1. The Balaban J connectivity index is 2.33. The zero-order valence-electron chi connectivity index (χ0n) is 12.1. The average molecular weight is 273 g/mol. The first-order chi connectivity index (χ1) is 9.65. The molecule has 0 aliphatic carbocycles. The molecule has 0 bridgehead atoms. The maximum absolute atomic E-state index is 11.9. The summed E-state index contributed by atoms with van der Waals surface area (Å²) >= 11 is 0. The Morgan fingerprint density at radius 3 is 2.80 bits per heavy atom. The van der Waals surface area contributed by atoms with Crippen LogP contribution in [0.5, 0.6) is 0 Å². The molecule has 0 radical (unpaired) electrons. The van der Waals surface area contributed by atoms with Crippen molar-refractivity contribution in [3.63, 3.8) is 0 Å². The number of aryl methyl sites for hydroxylation is 2. The van der Waals surface area contributed by atoms with Gasteiger partial charge >= 0.3 is 5.97 Å². The SMILES string of the molecule is CCOC(=O)c1nnn(CC)c1Cc1cccc(C)c1. The van der Waals surface area contributed by atoms with Crippen LogP contribution in [-0.4, -0.2) is 27.6 Å². The van der Waals surface area contributed by atoms with Gasteiger partial charge in [0.15, 0.2) is 5.69 Å².